The third-order valence-corrected chi connectivity index (χ3v) is 2.55. The van der Waals surface area contributed by atoms with Crippen molar-refractivity contribution in [3.8, 4) is 0 Å². The molecule has 0 aromatic rings. The van der Waals surface area contributed by atoms with E-state index in [0.717, 1.165) is 12.8 Å². The van der Waals surface area contributed by atoms with Gasteiger partial charge in [0.25, 0.3) is 0 Å². The van der Waals surface area contributed by atoms with Gasteiger partial charge in [0.05, 0.1) is 0 Å². The summed E-state index contributed by atoms with van der Waals surface area (Å²) in [6.07, 6.45) is 1.86. The van der Waals surface area contributed by atoms with Crippen LogP contribution in [0.4, 0.5) is 0 Å². The Bertz CT molecular complexity index is 152. The highest BCUT2D eigenvalue weighted by molar-refractivity contribution is 5.83. The van der Waals surface area contributed by atoms with Crippen molar-refractivity contribution < 1.29 is 9.90 Å². The first-order valence-electron chi connectivity index (χ1n) is 4.33. The molecule has 64 valence electrons. The average molecular weight is 156 g/mol. The second kappa shape index (κ2) is 3.35. The van der Waals surface area contributed by atoms with Crippen molar-refractivity contribution in [2.75, 3.05) is 0 Å². The van der Waals surface area contributed by atoms with Gasteiger partial charge in [-0.2, -0.15) is 0 Å². The van der Waals surface area contributed by atoms with E-state index in [0.29, 0.717) is 12.3 Å². The highest BCUT2D eigenvalue weighted by Crippen LogP contribution is 2.27. The van der Waals surface area contributed by atoms with E-state index in [4.69, 9.17) is 0 Å². The van der Waals surface area contributed by atoms with Crippen LogP contribution in [-0.2, 0) is 4.79 Å². The topological polar surface area (TPSA) is 37.3 Å². The highest BCUT2D eigenvalue weighted by atomic mass is 16.3. The lowest BCUT2D eigenvalue weighted by Crippen LogP contribution is -2.36. The van der Waals surface area contributed by atoms with Gasteiger partial charge in [0.15, 0.2) is 5.78 Å². The lowest BCUT2D eigenvalue weighted by atomic mass is 9.79. The van der Waals surface area contributed by atoms with Crippen LogP contribution in [0.3, 0.4) is 0 Å². The van der Waals surface area contributed by atoms with Crippen molar-refractivity contribution >= 4 is 5.78 Å². The molecule has 0 aromatic heterocycles. The van der Waals surface area contributed by atoms with Crippen molar-refractivity contribution in [2.24, 2.45) is 11.8 Å². The van der Waals surface area contributed by atoms with Crippen LogP contribution in [0.15, 0.2) is 0 Å². The summed E-state index contributed by atoms with van der Waals surface area (Å²) in [6, 6.07) is 0. The van der Waals surface area contributed by atoms with E-state index >= 15 is 0 Å². The van der Waals surface area contributed by atoms with Gasteiger partial charge in [0, 0.05) is 6.42 Å². The molecule has 2 heteroatoms. The van der Waals surface area contributed by atoms with Gasteiger partial charge in [-0.25, -0.2) is 0 Å². The van der Waals surface area contributed by atoms with Crippen molar-refractivity contribution in [2.45, 2.75) is 39.2 Å². The van der Waals surface area contributed by atoms with Crippen LogP contribution in [0.25, 0.3) is 0 Å². The van der Waals surface area contributed by atoms with Gasteiger partial charge in [0.1, 0.15) is 6.10 Å². The normalized spacial score (nSPS) is 32.9. The quantitative estimate of drug-likeness (QED) is 0.622. The van der Waals surface area contributed by atoms with Crippen LogP contribution < -0.4 is 0 Å². The summed E-state index contributed by atoms with van der Waals surface area (Å²) >= 11 is 0. The first kappa shape index (κ1) is 8.72. The fourth-order valence-electron chi connectivity index (χ4n) is 1.75. The Morgan fingerprint density at radius 3 is 2.64 bits per heavy atom. The van der Waals surface area contributed by atoms with E-state index in [-0.39, 0.29) is 11.7 Å². The summed E-state index contributed by atoms with van der Waals surface area (Å²) in [5.74, 6) is 0.667. The van der Waals surface area contributed by atoms with Crippen LogP contribution >= 0.6 is 0 Å². The molecule has 2 nitrogen and oxygen atoms in total. The van der Waals surface area contributed by atoms with Crippen LogP contribution in [0, 0.1) is 11.8 Å². The number of aliphatic hydroxyl groups excluding tert-OH is 1. The minimum Gasteiger partial charge on any atom is -0.385 e. The van der Waals surface area contributed by atoms with Crippen molar-refractivity contribution in [3.63, 3.8) is 0 Å². The first-order chi connectivity index (χ1) is 5.13. The molecule has 0 saturated heterocycles. The number of aliphatic hydroxyl groups is 1. The molecule has 0 heterocycles. The maximum absolute atomic E-state index is 11.1. The number of hydrogen-bond donors (Lipinski definition) is 1. The molecule has 1 aliphatic carbocycles. The van der Waals surface area contributed by atoms with Crippen molar-refractivity contribution in [1.82, 2.24) is 0 Å². The van der Waals surface area contributed by atoms with Gasteiger partial charge < -0.3 is 5.11 Å². The smallest absolute Gasteiger partial charge is 0.161 e. The second-order valence-corrected chi connectivity index (χ2v) is 3.71. The van der Waals surface area contributed by atoms with E-state index in [1.54, 1.807) is 0 Å². The summed E-state index contributed by atoms with van der Waals surface area (Å²) < 4.78 is 0. The fraction of sp³-hybridized carbons (Fsp3) is 0.889. The number of Topliss-reactive ketones (excluding diaryl/α,β-unsaturated/α-hetero) is 1. The molecule has 11 heavy (non-hydrogen) atoms. The maximum atomic E-state index is 11.1. The van der Waals surface area contributed by atoms with Crippen LogP contribution in [0.2, 0.25) is 0 Å². The molecule has 0 aliphatic heterocycles. The zero-order valence-corrected chi connectivity index (χ0v) is 7.21. The SMILES string of the molecule is CC(C)C1CCCC(=O)C1O. The maximum Gasteiger partial charge on any atom is 0.161 e. The Labute approximate surface area is 67.6 Å². The monoisotopic (exact) mass is 156 g/mol. The van der Waals surface area contributed by atoms with Crippen LogP contribution in [0.5, 0.6) is 0 Å². The third-order valence-electron chi connectivity index (χ3n) is 2.55. The van der Waals surface area contributed by atoms with Gasteiger partial charge in [-0.3, -0.25) is 4.79 Å². The highest BCUT2D eigenvalue weighted by Gasteiger charge is 2.31. The molecule has 1 aliphatic rings. The van der Waals surface area contributed by atoms with Gasteiger partial charge in [-0.1, -0.05) is 13.8 Å². The molecule has 0 bridgehead atoms. The fourth-order valence-corrected chi connectivity index (χ4v) is 1.75. The van der Waals surface area contributed by atoms with E-state index in [2.05, 4.69) is 13.8 Å². The molecule has 0 radical (unpaired) electrons. The molecule has 1 N–H and O–H groups in total. The third kappa shape index (κ3) is 1.80. The molecule has 2 unspecified atom stereocenters. The van der Waals surface area contributed by atoms with Gasteiger partial charge in [-0.05, 0) is 24.7 Å². The van der Waals surface area contributed by atoms with Crippen LogP contribution in [-0.4, -0.2) is 17.0 Å². The lowest BCUT2D eigenvalue weighted by Gasteiger charge is -2.29. The van der Waals surface area contributed by atoms with Gasteiger partial charge >= 0.3 is 0 Å². The molecular formula is C9H16O2. The Morgan fingerprint density at radius 1 is 1.55 bits per heavy atom. The number of rotatable bonds is 1. The Kier molecular flexibility index (Phi) is 2.66. The molecule has 0 spiro atoms. The second-order valence-electron chi connectivity index (χ2n) is 3.71. The van der Waals surface area contributed by atoms with Crippen LogP contribution in [0.1, 0.15) is 33.1 Å². The van der Waals surface area contributed by atoms with Crippen molar-refractivity contribution in [1.29, 1.82) is 0 Å². The number of carbonyl (C=O) groups is 1. The van der Waals surface area contributed by atoms with E-state index in [1.807, 2.05) is 0 Å². The Hall–Kier alpha value is -0.370. The molecule has 1 fully saturated rings. The first-order valence-corrected chi connectivity index (χ1v) is 4.33. The number of hydrogen-bond acceptors (Lipinski definition) is 2. The average Bonchev–Trinajstić information content (AvgIpc) is 1.94. The summed E-state index contributed by atoms with van der Waals surface area (Å²) in [6.45, 7) is 4.12. The standard InChI is InChI=1S/C9H16O2/c1-6(2)7-4-3-5-8(10)9(7)11/h6-7,9,11H,3-5H2,1-2H3. The minimum atomic E-state index is -0.677. The zero-order valence-electron chi connectivity index (χ0n) is 7.21. The molecule has 0 amide bonds. The van der Waals surface area contributed by atoms with Gasteiger partial charge in [-0.15, -0.1) is 0 Å². The number of carbonyl (C=O) groups excluding carboxylic acids is 1. The summed E-state index contributed by atoms with van der Waals surface area (Å²) in [5, 5.41) is 9.46. The predicted molar refractivity (Wildman–Crippen MR) is 43.2 cm³/mol. The van der Waals surface area contributed by atoms with E-state index in [1.165, 1.54) is 0 Å². The summed E-state index contributed by atoms with van der Waals surface area (Å²) in [4.78, 5) is 11.1. The molecule has 1 rings (SSSR count). The largest absolute Gasteiger partial charge is 0.385 e. The molecular weight excluding hydrogens is 140 g/mol. The summed E-state index contributed by atoms with van der Waals surface area (Å²) in [5.41, 5.74) is 0. The zero-order chi connectivity index (χ0) is 8.43. The number of ketones is 1. The van der Waals surface area contributed by atoms with Crippen molar-refractivity contribution in [3.05, 3.63) is 0 Å². The minimum absolute atomic E-state index is 0.0370. The predicted octanol–water partition coefficient (Wildman–Crippen LogP) is 1.37. The summed E-state index contributed by atoms with van der Waals surface area (Å²) in [7, 11) is 0. The van der Waals surface area contributed by atoms with Gasteiger partial charge in [0.2, 0.25) is 0 Å². The molecule has 2 atom stereocenters. The lowest BCUT2D eigenvalue weighted by molar-refractivity contribution is -0.133. The van der Waals surface area contributed by atoms with E-state index < -0.39 is 6.10 Å². The molecule has 0 aromatic carbocycles. The van der Waals surface area contributed by atoms with E-state index in [9.17, 15) is 9.90 Å². The molecule has 1 saturated carbocycles. The Morgan fingerprint density at radius 2 is 2.18 bits per heavy atom. The Balaban J connectivity index is 2.58.